The molecule has 78 valence electrons. The maximum Gasteiger partial charge on any atom is 0.345 e. The van der Waals surface area contributed by atoms with Crippen molar-refractivity contribution in [2.75, 3.05) is 0 Å². The van der Waals surface area contributed by atoms with E-state index in [-0.39, 0.29) is 6.10 Å². The van der Waals surface area contributed by atoms with Gasteiger partial charge in [-0.1, -0.05) is 26.7 Å². The highest BCUT2D eigenvalue weighted by Crippen LogP contribution is 2.33. The van der Waals surface area contributed by atoms with Crippen LogP contribution in [-0.4, -0.2) is 12.7 Å². The van der Waals surface area contributed by atoms with Crippen LogP contribution in [0.15, 0.2) is 0 Å². The fourth-order valence-corrected chi connectivity index (χ4v) is 2.19. The average Bonchev–Trinajstić information content (AvgIpc) is 2.03. The van der Waals surface area contributed by atoms with Gasteiger partial charge in [0.25, 0.3) is 0 Å². The Hall–Kier alpha value is -0.180. The minimum atomic E-state index is -2.61. The minimum absolute atomic E-state index is 0.214. The van der Waals surface area contributed by atoms with E-state index in [9.17, 15) is 8.78 Å². The Morgan fingerprint density at radius 3 is 2.31 bits per heavy atom. The van der Waals surface area contributed by atoms with Crippen LogP contribution < -0.4 is 0 Å². The number of alkyl halides is 2. The lowest BCUT2D eigenvalue weighted by Crippen LogP contribution is -2.32. The smallest absolute Gasteiger partial charge is 0.319 e. The number of ether oxygens (including phenoxy) is 1. The Kier molecular flexibility index (Phi) is 4.10. The van der Waals surface area contributed by atoms with E-state index in [2.05, 4.69) is 18.6 Å². The molecular formula is C10H18F2O. The third-order valence-corrected chi connectivity index (χ3v) is 2.89. The van der Waals surface area contributed by atoms with Gasteiger partial charge in [-0.05, 0) is 24.7 Å². The number of halogens is 2. The molecule has 0 aromatic carbocycles. The quantitative estimate of drug-likeness (QED) is 0.665. The maximum atomic E-state index is 12.0. The van der Waals surface area contributed by atoms with E-state index in [1.807, 2.05) is 0 Å². The van der Waals surface area contributed by atoms with Gasteiger partial charge in [-0.3, -0.25) is 0 Å². The summed E-state index contributed by atoms with van der Waals surface area (Å²) in [4.78, 5) is 0. The second-order valence-corrected chi connectivity index (χ2v) is 4.13. The van der Waals surface area contributed by atoms with Gasteiger partial charge in [0.15, 0.2) is 0 Å². The monoisotopic (exact) mass is 192 g/mol. The number of hydrogen-bond donors (Lipinski definition) is 0. The first-order chi connectivity index (χ1) is 6.11. The van der Waals surface area contributed by atoms with Crippen LogP contribution in [0.5, 0.6) is 0 Å². The van der Waals surface area contributed by atoms with Gasteiger partial charge in [0, 0.05) is 0 Å². The molecule has 1 aliphatic rings. The van der Waals surface area contributed by atoms with Gasteiger partial charge in [0.1, 0.15) is 0 Å². The van der Waals surface area contributed by atoms with Crippen LogP contribution >= 0.6 is 0 Å². The van der Waals surface area contributed by atoms with Gasteiger partial charge in [-0.2, -0.15) is 8.78 Å². The van der Waals surface area contributed by atoms with Crippen molar-refractivity contribution in [3.63, 3.8) is 0 Å². The van der Waals surface area contributed by atoms with E-state index >= 15 is 0 Å². The molecule has 0 bridgehead atoms. The largest absolute Gasteiger partial charge is 0.345 e. The van der Waals surface area contributed by atoms with Crippen molar-refractivity contribution in [3.8, 4) is 0 Å². The molecular weight excluding hydrogens is 174 g/mol. The Balaban J connectivity index is 2.46. The third kappa shape index (κ3) is 3.22. The van der Waals surface area contributed by atoms with Gasteiger partial charge in [0.2, 0.25) is 0 Å². The molecule has 0 N–H and O–H groups in total. The van der Waals surface area contributed by atoms with E-state index < -0.39 is 6.61 Å². The van der Waals surface area contributed by atoms with Gasteiger partial charge < -0.3 is 4.74 Å². The van der Waals surface area contributed by atoms with E-state index in [0.29, 0.717) is 11.8 Å². The lowest BCUT2D eigenvalue weighted by molar-refractivity contribution is -0.187. The normalized spacial score (nSPS) is 30.0. The molecule has 0 amide bonds. The summed E-state index contributed by atoms with van der Waals surface area (Å²) >= 11 is 0. The average molecular weight is 192 g/mol. The molecule has 2 unspecified atom stereocenters. The minimum Gasteiger partial charge on any atom is -0.319 e. The maximum absolute atomic E-state index is 12.0. The van der Waals surface area contributed by atoms with E-state index in [1.165, 1.54) is 0 Å². The van der Waals surface area contributed by atoms with Crippen molar-refractivity contribution in [3.05, 3.63) is 0 Å². The second-order valence-electron chi connectivity index (χ2n) is 4.13. The molecule has 0 spiro atoms. The molecule has 0 aliphatic heterocycles. The van der Waals surface area contributed by atoms with Gasteiger partial charge >= 0.3 is 6.61 Å². The molecule has 1 fully saturated rings. The summed E-state index contributed by atoms with van der Waals surface area (Å²) in [6.45, 7) is 1.56. The highest BCUT2D eigenvalue weighted by Gasteiger charge is 2.30. The van der Waals surface area contributed by atoms with Crippen LogP contribution in [0.1, 0.15) is 39.5 Å². The molecule has 1 saturated carbocycles. The summed E-state index contributed by atoms with van der Waals surface area (Å²) in [5.41, 5.74) is 0. The van der Waals surface area contributed by atoms with Crippen molar-refractivity contribution < 1.29 is 13.5 Å². The van der Waals surface area contributed by atoms with Crippen LogP contribution in [0.4, 0.5) is 8.78 Å². The number of hydrogen-bond acceptors (Lipinski definition) is 1. The predicted octanol–water partition coefficient (Wildman–Crippen LogP) is 3.44. The van der Waals surface area contributed by atoms with Crippen molar-refractivity contribution >= 4 is 0 Å². The van der Waals surface area contributed by atoms with Crippen LogP contribution in [0, 0.1) is 11.8 Å². The molecule has 1 aliphatic carbocycles. The fraction of sp³-hybridized carbons (Fsp3) is 1.00. The summed E-state index contributed by atoms with van der Waals surface area (Å²) in [7, 11) is 0. The van der Waals surface area contributed by atoms with Crippen molar-refractivity contribution in [1.82, 2.24) is 0 Å². The molecule has 13 heavy (non-hydrogen) atoms. The summed E-state index contributed by atoms with van der Waals surface area (Å²) in [6.07, 6.45) is 3.81. The van der Waals surface area contributed by atoms with Crippen LogP contribution in [-0.2, 0) is 4.74 Å². The Labute approximate surface area is 78.5 Å². The Bertz CT molecular complexity index is 148. The molecule has 3 heteroatoms. The second kappa shape index (κ2) is 4.89. The van der Waals surface area contributed by atoms with E-state index in [4.69, 9.17) is 0 Å². The standard InChI is InChI=1S/C10H18F2O/c1-7(2)8-5-3-4-6-9(8)13-10(11)12/h7-10H,3-6H2,1-2H3. The number of rotatable bonds is 3. The summed E-state index contributed by atoms with van der Waals surface area (Å²) in [5, 5.41) is 0. The molecule has 1 rings (SSSR count). The predicted molar refractivity (Wildman–Crippen MR) is 47.7 cm³/mol. The summed E-state index contributed by atoms with van der Waals surface area (Å²) in [6, 6.07) is 0. The Morgan fingerprint density at radius 2 is 1.77 bits per heavy atom. The van der Waals surface area contributed by atoms with Crippen molar-refractivity contribution in [2.45, 2.75) is 52.2 Å². The lowest BCUT2D eigenvalue weighted by Gasteiger charge is -2.33. The lowest BCUT2D eigenvalue weighted by atomic mass is 9.79. The highest BCUT2D eigenvalue weighted by atomic mass is 19.3. The topological polar surface area (TPSA) is 9.23 Å². The first kappa shape index (κ1) is 10.9. The van der Waals surface area contributed by atoms with Crippen molar-refractivity contribution in [1.29, 1.82) is 0 Å². The van der Waals surface area contributed by atoms with E-state index in [0.717, 1.165) is 25.7 Å². The van der Waals surface area contributed by atoms with Crippen LogP contribution in [0.3, 0.4) is 0 Å². The fourth-order valence-electron chi connectivity index (χ4n) is 2.19. The zero-order chi connectivity index (χ0) is 9.84. The first-order valence-corrected chi connectivity index (χ1v) is 5.05. The molecule has 0 heterocycles. The summed E-state index contributed by atoms with van der Waals surface area (Å²) < 4.78 is 28.7. The van der Waals surface area contributed by atoms with Gasteiger partial charge in [-0.15, -0.1) is 0 Å². The third-order valence-electron chi connectivity index (χ3n) is 2.89. The summed E-state index contributed by atoms with van der Waals surface area (Å²) in [5.74, 6) is 0.770. The van der Waals surface area contributed by atoms with Gasteiger partial charge in [-0.25, -0.2) is 0 Å². The zero-order valence-electron chi connectivity index (χ0n) is 8.30. The van der Waals surface area contributed by atoms with Crippen LogP contribution in [0.2, 0.25) is 0 Å². The highest BCUT2D eigenvalue weighted by molar-refractivity contribution is 4.78. The molecule has 0 saturated heterocycles. The molecule has 0 aromatic heterocycles. The zero-order valence-corrected chi connectivity index (χ0v) is 8.30. The van der Waals surface area contributed by atoms with Gasteiger partial charge in [0.05, 0.1) is 6.10 Å². The SMILES string of the molecule is CC(C)C1CCCCC1OC(F)F. The first-order valence-electron chi connectivity index (χ1n) is 5.05. The van der Waals surface area contributed by atoms with E-state index in [1.54, 1.807) is 0 Å². The Morgan fingerprint density at radius 1 is 1.15 bits per heavy atom. The molecule has 1 nitrogen and oxygen atoms in total. The molecule has 2 atom stereocenters. The van der Waals surface area contributed by atoms with Crippen molar-refractivity contribution in [2.24, 2.45) is 11.8 Å². The van der Waals surface area contributed by atoms with Crippen LogP contribution in [0.25, 0.3) is 0 Å². The molecule has 0 radical (unpaired) electrons. The molecule has 0 aromatic rings.